The Hall–Kier alpha value is -1.77. The lowest BCUT2D eigenvalue weighted by atomic mass is 9.97. The molecule has 6 nitrogen and oxygen atoms in total. The largest absolute Gasteiger partial charge is 0.355 e. The first-order valence-corrected chi connectivity index (χ1v) is 11.2. The maximum atomic E-state index is 12.6. The first kappa shape index (κ1) is 19.0. The molecule has 1 aromatic heterocycles. The lowest BCUT2D eigenvalue weighted by molar-refractivity contribution is -0.126. The first-order chi connectivity index (χ1) is 12.5. The fourth-order valence-electron chi connectivity index (χ4n) is 3.09. The Morgan fingerprint density at radius 1 is 1.23 bits per heavy atom. The van der Waals surface area contributed by atoms with Gasteiger partial charge in [-0.1, -0.05) is 30.3 Å². The summed E-state index contributed by atoms with van der Waals surface area (Å²) < 4.78 is 26.6. The number of hydrogen-bond donors (Lipinski definition) is 1. The van der Waals surface area contributed by atoms with Crippen LogP contribution in [0.1, 0.15) is 23.4 Å². The van der Waals surface area contributed by atoms with Gasteiger partial charge >= 0.3 is 0 Å². The van der Waals surface area contributed by atoms with Gasteiger partial charge in [0.25, 0.3) is 0 Å². The van der Waals surface area contributed by atoms with Crippen LogP contribution in [0.5, 0.6) is 0 Å². The quantitative estimate of drug-likeness (QED) is 0.781. The van der Waals surface area contributed by atoms with Gasteiger partial charge in [-0.05, 0) is 18.4 Å². The summed E-state index contributed by atoms with van der Waals surface area (Å²) in [5.74, 6) is -0.0884. The van der Waals surface area contributed by atoms with Gasteiger partial charge in [0, 0.05) is 43.5 Å². The second-order valence-corrected chi connectivity index (χ2v) is 9.33. The Kier molecular flexibility index (Phi) is 6.39. The van der Waals surface area contributed by atoms with Crippen molar-refractivity contribution in [3.05, 3.63) is 52.5 Å². The van der Waals surface area contributed by atoms with Crippen molar-refractivity contribution in [2.45, 2.75) is 25.0 Å². The van der Waals surface area contributed by atoms with Crippen LogP contribution in [0.4, 0.5) is 0 Å². The van der Waals surface area contributed by atoms with Crippen molar-refractivity contribution in [1.29, 1.82) is 0 Å². The van der Waals surface area contributed by atoms with Gasteiger partial charge in [0.1, 0.15) is 0 Å². The molecule has 1 aliphatic rings. The highest BCUT2D eigenvalue weighted by molar-refractivity contribution is 7.88. The van der Waals surface area contributed by atoms with Crippen LogP contribution in [-0.2, 0) is 27.0 Å². The molecule has 0 aliphatic carbocycles. The average molecular weight is 394 g/mol. The van der Waals surface area contributed by atoms with E-state index in [4.69, 9.17) is 0 Å². The van der Waals surface area contributed by atoms with Crippen LogP contribution in [0, 0.1) is 5.92 Å². The second kappa shape index (κ2) is 8.75. The molecule has 0 atom stereocenters. The molecule has 1 aliphatic heterocycles. The number of thiazole rings is 1. The summed E-state index contributed by atoms with van der Waals surface area (Å²) in [5.41, 5.74) is 0.787. The number of piperidine rings is 1. The Morgan fingerprint density at radius 2 is 1.96 bits per heavy atom. The molecular weight excluding hydrogens is 370 g/mol. The summed E-state index contributed by atoms with van der Waals surface area (Å²) in [5, 5.41) is 5.87. The normalized spacial score (nSPS) is 16.5. The molecule has 3 rings (SSSR count). The number of rotatable bonds is 7. The van der Waals surface area contributed by atoms with Gasteiger partial charge in [-0.2, -0.15) is 0 Å². The molecule has 1 fully saturated rings. The van der Waals surface area contributed by atoms with Crippen molar-refractivity contribution in [2.75, 3.05) is 19.6 Å². The Bertz CT molecular complexity index is 799. The highest BCUT2D eigenvalue weighted by Gasteiger charge is 2.30. The van der Waals surface area contributed by atoms with Crippen molar-refractivity contribution >= 4 is 27.3 Å². The number of hydrogen-bond acceptors (Lipinski definition) is 5. The van der Waals surface area contributed by atoms with Crippen LogP contribution in [0.3, 0.4) is 0 Å². The topological polar surface area (TPSA) is 79.4 Å². The van der Waals surface area contributed by atoms with E-state index in [-0.39, 0.29) is 17.6 Å². The zero-order valence-electron chi connectivity index (χ0n) is 14.5. The van der Waals surface area contributed by atoms with Crippen LogP contribution in [0.15, 0.2) is 41.9 Å². The lowest BCUT2D eigenvalue weighted by Gasteiger charge is -2.30. The van der Waals surface area contributed by atoms with Crippen molar-refractivity contribution in [2.24, 2.45) is 5.92 Å². The molecule has 26 heavy (non-hydrogen) atoms. The maximum absolute atomic E-state index is 12.6. The number of carbonyl (C=O) groups is 1. The van der Waals surface area contributed by atoms with Crippen molar-refractivity contribution in [3.63, 3.8) is 0 Å². The van der Waals surface area contributed by atoms with E-state index < -0.39 is 10.0 Å². The molecule has 0 spiro atoms. The molecule has 0 bridgehead atoms. The minimum atomic E-state index is -3.34. The third-order valence-electron chi connectivity index (χ3n) is 4.53. The summed E-state index contributed by atoms with van der Waals surface area (Å²) in [7, 11) is -3.34. The minimum absolute atomic E-state index is 0.0124. The molecule has 0 radical (unpaired) electrons. The van der Waals surface area contributed by atoms with Crippen LogP contribution >= 0.6 is 11.3 Å². The van der Waals surface area contributed by atoms with Gasteiger partial charge in [-0.15, -0.1) is 11.3 Å². The molecule has 1 aromatic carbocycles. The van der Waals surface area contributed by atoms with Crippen LogP contribution in [0.2, 0.25) is 0 Å². The monoisotopic (exact) mass is 393 g/mol. The molecule has 2 aromatic rings. The molecule has 1 amide bonds. The Balaban J connectivity index is 1.45. The first-order valence-electron chi connectivity index (χ1n) is 8.72. The fourth-order valence-corrected chi connectivity index (χ4v) is 5.27. The van der Waals surface area contributed by atoms with Gasteiger partial charge in [-0.3, -0.25) is 4.79 Å². The van der Waals surface area contributed by atoms with Crippen molar-refractivity contribution < 1.29 is 13.2 Å². The molecule has 1 saturated heterocycles. The smallest absolute Gasteiger partial charge is 0.223 e. The molecular formula is C18H23N3O3S2. The lowest BCUT2D eigenvalue weighted by Crippen LogP contribution is -2.43. The SMILES string of the molecule is O=C(NCCc1nccs1)C1CCN(S(=O)(=O)Cc2ccccc2)CC1. The van der Waals surface area contributed by atoms with E-state index in [2.05, 4.69) is 10.3 Å². The molecule has 0 unspecified atom stereocenters. The van der Waals surface area contributed by atoms with Gasteiger partial charge in [0.05, 0.1) is 10.8 Å². The maximum Gasteiger partial charge on any atom is 0.223 e. The summed E-state index contributed by atoms with van der Waals surface area (Å²) in [6.45, 7) is 1.37. The third-order valence-corrected chi connectivity index (χ3v) is 7.22. The zero-order valence-corrected chi connectivity index (χ0v) is 16.1. The van der Waals surface area contributed by atoms with Crippen molar-refractivity contribution in [1.82, 2.24) is 14.6 Å². The van der Waals surface area contributed by atoms with Crippen LogP contribution in [0.25, 0.3) is 0 Å². The number of amides is 1. The summed E-state index contributed by atoms with van der Waals surface area (Å²) >= 11 is 1.58. The summed E-state index contributed by atoms with van der Waals surface area (Å²) in [6.07, 6.45) is 3.62. The van der Waals surface area contributed by atoms with Crippen LogP contribution < -0.4 is 5.32 Å². The molecule has 8 heteroatoms. The molecule has 2 heterocycles. The predicted molar refractivity (Wildman–Crippen MR) is 102 cm³/mol. The number of carbonyl (C=O) groups excluding carboxylic acids is 1. The van der Waals surface area contributed by atoms with Crippen molar-refractivity contribution in [3.8, 4) is 0 Å². The highest BCUT2D eigenvalue weighted by atomic mass is 32.2. The van der Waals surface area contributed by atoms with E-state index in [1.807, 2.05) is 35.7 Å². The molecule has 1 N–H and O–H groups in total. The van der Waals surface area contributed by atoms with E-state index >= 15 is 0 Å². The number of nitrogens with zero attached hydrogens (tertiary/aromatic N) is 2. The minimum Gasteiger partial charge on any atom is -0.355 e. The van der Waals surface area contributed by atoms with Crippen LogP contribution in [-0.4, -0.2) is 43.2 Å². The highest BCUT2D eigenvalue weighted by Crippen LogP contribution is 2.22. The van der Waals surface area contributed by atoms with E-state index in [0.717, 1.165) is 17.0 Å². The Morgan fingerprint density at radius 3 is 2.62 bits per heavy atom. The van der Waals surface area contributed by atoms with Gasteiger partial charge in [-0.25, -0.2) is 17.7 Å². The molecule has 0 saturated carbocycles. The number of nitrogens with one attached hydrogen (secondary N) is 1. The summed E-state index contributed by atoms with van der Waals surface area (Å²) in [6, 6.07) is 9.19. The third kappa shape index (κ3) is 5.12. The number of sulfonamides is 1. The second-order valence-electron chi connectivity index (χ2n) is 6.38. The van der Waals surface area contributed by atoms with E-state index in [9.17, 15) is 13.2 Å². The zero-order chi connectivity index (χ0) is 18.4. The van der Waals surface area contributed by atoms with E-state index in [1.165, 1.54) is 4.31 Å². The summed E-state index contributed by atoms with van der Waals surface area (Å²) in [4.78, 5) is 16.5. The average Bonchev–Trinajstić information content (AvgIpc) is 3.16. The van der Waals surface area contributed by atoms with Gasteiger partial charge in [0.15, 0.2) is 0 Å². The van der Waals surface area contributed by atoms with Gasteiger partial charge < -0.3 is 5.32 Å². The number of aromatic nitrogens is 1. The fraction of sp³-hybridized carbons (Fsp3) is 0.444. The van der Waals surface area contributed by atoms with E-state index in [0.29, 0.717) is 32.5 Å². The predicted octanol–water partition coefficient (Wildman–Crippen LogP) is 2.04. The number of benzene rings is 1. The molecule has 140 valence electrons. The standard InChI is InChI=1S/C18H23N3O3S2/c22-18(20-9-6-17-19-10-13-25-17)16-7-11-21(12-8-16)26(23,24)14-15-4-2-1-3-5-15/h1-5,10,13,16H,6-9,11-12,14H2,(H,20,22). The Labute approximate surface area is 158 Å². The van der Waals surface area contributed by atoms with E-state index in [1.54, 1.807) is 17.5 Å². The van der Waals surface area contributed by atoms with Gasteiger partial charge in [0.2, 0.25) is 15.9 Å².